The van der Waals surface area contributed by atoms with Crippen molar-refractivity contribution < 1.29 is 19.0 Å². The summed E-state index contributed by atoms with van der Waals surface area (Å²) in [6.07, 6.45) is 3.20. The SMILES string of the molecule is COC(=O)C=Cc1ccc2cc(OC)ccc2c1-c1ccc(OC)cc1. The highest BCUT2D eigenvalue weighted by atomic mass is 16.5. The third-order valence-electron chi connectivity index (χ3n) is 4.24. The molecule has 0 fully saturated rings. The summed E-state index contributed by atoms with van der Waals surface area (Å²) in [6, 6.07) is 17.8. The summed E-state index contributed by atoms with van der Waals surface area (Å²) < 4.78 is 15.3. The van der Waals surface area contributed by atoms with Crippen LogP contribution in [0.4, 0.5) is 0 Å². The Morgan fingerprint density at radius 3 is 2.19 bits per heavy atom. The van der Waals surface area contributed by atoms with Crippen LogP contribution in [0.5, 0.6) is 11.5 Å². The lowest BCUT2D eigenvalue weighted by atomic mass is 9.93. The Kier molecular flexibility index (Phi) is 5.23. The van der Waals surface area contributed by atoms with E-state index in [1.165, 1.54) is 13.2 Å². The Balaban J connectivity index is 2.22. The van der Waals surface area contributed by atoms with E-state index in [0.717, 1.165) is 39.0 Å². The van der Waals surface area contributed by atoms with E-state index >= 15 is 0 Å². The number of fused-ring (bicyclic) bond motifs is 1. The summed E-state index contributed by atoms with van der Waals surface area (Å²) in [5.41, 5.74) is 3.00. The zero-order valence-electron chi connectivity index (χ0n) is 15.0. The predicted molar refractivity (Wildman–Crippen MR) is 104 cm³/mol. The van der Waals surface area contributed by atoms with Crippen molar-refractivity contribution in [1.29, 1.82) is 0 Å². The first-order valence-electron chi connectivity index (χ1n) is 8.17. The molecule has 0 heterocycles. The lowest BCUT2D eigenvalue weighted by Gasteiger charge is -2.13. The number of methoxy groups -OCH3 is 3. The minimum atomic E-state index is -0.388. The molecule has 0 saturated carbocycles. The van der Waals surface area contributed by atoms with Crippen LogP contribution >= 0.6 is 0 Å². The van der Waals surface area contributed by atoms with Gasteiger partial charge in [0.05, 0.1) is 21.3 Å². The normalized spacial score (nSPS) is 10.9. The fraction of sp³-hybridized carbons (Fsp3) is 0.136. The molecule has 0 unspecified atom stereocenters. The highest BCUT2D eigenvalue weighted by molar-refractivity contribution is 6.02. The average molecular weight is 348 g/mol. The highest BCUT2D eigenvalue weighted by Gasteiger charge is 2.10. The van der Waals surface area contributed by atoms with Crippen molar-refractivity contribution in [2.24, 2.45) is 0 Å². The maximum absolute atomic E-state index is 11.5. The van der Waals surface area contributed by atoms with E-state index in [1.807, 2.05) is 54.6 Å². The fourth-order valence-electron chi connectivity index (χ4n) is 2.90. The lowest BCUT2D eigenvalue weighted by Crippen LogP contribution is -1.94. The van der Waals surface area contributed by atoms with Gasteiger partial charge in [-0.3, -0.25) is 0 Å². The molecule has 0 aliphatic carbocycles. The van der Waals surface area contributed by atoms with Crippen LogP contribution < -0.4 is 9.47 Å². The van der Waals surface area contributed by atoms with Gasteiger partial charge in [0.25, 0.3) is 0 Å². The van der Waals surface area contributed by atoms with Gasteiger partial charge in [-0.1, -0.05) is 30.3 Å². The number of rotatable bonds is 5. The minimum Gasteiger partial charge on any atom is -0.497 e. The summed E-state index contributed by atoms with van der Waals surface area (Å²) in [6.45, 7) is 0. The first-order chi connectivity index (χ1) is 12.7. The molecule has 0 bridgehead atoms. The third-order valence-corrected chi connectivity index (χ3v) is 4.24. The molecule has 132 valence electrons. The zero-order valence-corrected chi connectivity index (χ0v) is 15.0. The summed E-state index contributed by atoms with van der Waals surface area (Å²) in [4.78, 5) is 11.5. The van der Waals surface area contributed by atoms with Gasteiger partial charge in [0, 0.05) is 6.08 Å². The van der Waals surface area contributed by atoms with Gasteiger partial charge in [-0.25, -0.2) is 4.79 Å². The Labute approximate surface area is 152 Å². The quantitative estimate of drug-likeness (QED) is 0.495. The Morgan fingerprint density at radius 1 is 0.846 bits per heavy atom. The van der Waals surface area contributed by atoms with Gasteiger partial charge in [-0.05, 0) is 57.8 Å². The van der Waals surface area contributed by atoms with Gasteiger partial charge in [0.1, 0.15) is 11.5 Å². The van der Waals surface area contributed by atoms with Gasteiger partial charge in [0.15, 0.2) is 0 Å². The van der Waals surface area contributed by atoms with Crippen LogP contribution in [-0.4, -0.2) is 27.3 Å². The highest BCUT2D eigenvalue weighted by Crippen LogP contribution is 2.35. The summed E-state index contributed by atoms with van der Waals surface area (Å²) in [7, 11) is 4.66. The Morgan fingerprint density at radius 2 is 1.54 bits per heavy atom. The smallest absolute Gasteiger partial charge is 0.330 e. The summed E-state index contributed by atoms with van der Waals surface area (Å²) in [5, 5.41) is 2.13. The van der Waals surface area contributed by atoms with E-state index in [9.17, 15) is 4.79 Å². The molecule has 3 aromatic rings. The van der Waals surface area contributed by atoms with E-state index < -0.39 is 0 Å². The molecule has 3 aromatic carbocycles. The van der Waals surface area contributed by atoms with Crippen molar-refractivity contribution in [2.75, 3.05) is 21.3 Å². The number of esters is 1. The van der Waals surface area contributed by atoms with Crippen LogP contribution in [0.25, 0.3) is 28.0 Å². The molecule has 0 saturated heterocycles. The molecule has 4 nitrogen and oxygen atoms in total. The van der Waals surface area contributed by atoms with Crippen LogP contribution in [0.3, 0.4) is 0 Å². The number of hydrogen-bond donors (Lipinski definition) is 0. The molecule has 4 heteroatoms. The van der Waals surface area contributed by atoms with Crippen molar-refractivity contribution in [3.8, 4) is 22.6 Å². The maximum atomic E-state index is 11.5. The Hall–Kier alpha value is -3.27. The van der Waals surface area contributed by atoms with Gasteiger partial charge >= 0.3 is 5.97 Å². The zero-order chi connectivity index (χ0) is 18.5. The second kappa shape index (κ2) is 7.74. The van der Waals surface area contributed by atoms with Crippen molar-refractivity contribution >= 4 is 22.8 Å². The van der Waals surface area contributed by atoms with Crippen LogP contribution in [0.1, 0.15) is 5.56 Å². The van der Waals surface area contributed by atoms with Crippen molar-refractivity contribution in [2.45, 2.75) is 0 Å². The average Bonchev–Trinajstić information content (AvgIpc) is 2.71. The van der Waals surface area contributed by atoms with Gasteiger partial charge in [0.2, 0.25) is 0 Å². The summed E-state index contributed by atoms with van der Waals surface area (Å²) >= 11 is 0. The molecule has 0 aliphatic rings. The molecular weight excluding hydrogens is 328 g/mol. The molecular formula is C22H20O4. The molecule has 0 aromatic heterocycles. The predicted octanol–water partition coefficient (Wildman–Crippen LogP) is 4.71. The van der Waals surface area contributed by atoms with Crippen molar-refractivity contribution in [3.63, 3.8) is 0 Å². The van der Waals surface area contributed by atoms with Gasteiger partial charge in [-0.15, -0.1) is 0 Å². The first-order valence-corrected chi connectivity index (χ1v) is 8.17. The van der Waals surface area contributed by atoms with Crippen LogP contribution in [0.2, 0.25) is 0 Å². The Bertz CT molecular complexity index is 956. The largest absolute Gasteiger partial charge is 0.497 e. The van der Waals surface area contributed by atoms with Gasteiger partial charge < -0.3 is 14.2 Å². The van der Waals surface area contributed by atoms with Crippen LogP contribution in [0.15, 0.2) is 60.7 Å². The molecule has 0 amide bonds. The molecule has 0 aliphatic heterocycles. The van der Waals surface area contributed by atoms with E-state index in [-0.39, 0.29) is 5.97 Å². The topological polar surface area (TPSA) is 44.8 Å². The fourth-order valence-corrected chi connectivity index (χ4v) is 2.90. The standard InChI is InChI=1S/C22H20O4/c1-24-18-9-6-16(7-10-18)22-15(8-13-21(23)26-3)4-5-17-14-19(25-2)11-12-20(17)22/h4-14H,1-3H3. The molecule has 0 atom stereocenters. The molecule has 0 radical (unpaired) electrons. The van der Waals surface area contributed by atoms with Crippen LogP contribution in [0, 0.1) is 0 Å². The number of carbonyl (C=O) groups excluding carboxylic acids is 1. The monoisotopic (exact) mass is 348 g/mol. The van der Waals surface area contributed by atoms with Crippen molar-refractivity contribution in [1.82, 2.24) is 0 Å². The number of benzene rings is 3. The van der Waals surface area contributed by atoms with E-state index in [2.05, 4.69) is 0 Å². The lowest BCUT2D eigenvalue weighted by molar-refractivity contribution is -0.134. The molecule has 0 spiro atoms. The molecule has 0 N–H and O–H groups in total. The number of carbonyl (C=O) groups is 1. The minimum absolute atomic E-state index is 0.388. The number of hydrogen-bond acceptors (Lipinski definition) is 4. The molecule has 26 heavy (non-hydrogen) atoms. The maximum Gasteiger partial charge on any atom is 0.330 e. The van der Waals surface area contributed by atoms with Gasteiger partial charge in [-0.2, -0.15) is 0 Å². The van der Waals surface area contributed by atoms with Crippen molar-refractivity contribution in [3.05, 3.63) is 66.2 Å². The van der Waals surface area contributed by atoms with E-state index in [0.29, 0.717) is 0 Å². The number of ether oxygens (including phenoxy) is 3. The van der Waals surface area contributed by atoms with Crippen LogP contribution in [-0.2, 0) is 9.53 Å². The second-order valence-electron chi connectivity index (χ2n) is 5.70. The second-order valence-corrected chi connectivity index (χ2v) is 5.70. The van der Waals surface area contributed by atoms with E-state index in [4.69, 9.17) is 14.2 Å². The third kappa shape index (κ3) is 3.54. The first kappa shape index (κ1) is 17.5. The summed E-state index contributed by atoms with van der Waals surface area (Å²) in [5.74, 6) is 1.21. The van der Waals surface area contributed by atoms with E-state index in [1.54, 1.807) is 20.3 Å². The molecule has 3 rings (SSSR count).